The Bertz CT molecular complexity index is 1080. The molecule has 8 nitrogen and oxygen atoms in total. The number of hydrogen-bond donors (Lipinski definition) is 1. The minimum Gasteiger partial charge on any atom is -0.345 e. The number of thiazole rings is 1. The van der Waals surface area contributed by atoms with Crippen LogP contribution in [0.15, 0.2) is 35.4 Å². The highest BCUT2D eigenvalue weighted by molar-refractivity contribution is 7.22. The molecule has 1 saturated heterocycles. The molecule has 158 valence electrons. The zero-order valence-corrected chi connectivity index (χ0v) is 18.1. The van der Waals surface area contributed by atoms with Gasteiger partial charge in [0, 0.05) is 31.9 Å². The van der Waals surface area contributed by atoms with E-state index in [-0.39, 0.29) is 18.0 Å². The van der Waals surface area contributed by atoms with Crippen LogP contribution in [-0.2, 0) is 17.8 Å². The van der Waals surface area contributed by atoms with Crippen LogP contribution in [-0.4, -0.2) is 58.1 Å². The van der Waals surface area contributed by atoms with Crippen LogP contribution in [0.5, 0.6) is 0 Å². The Morgan fingerprint density at radius 3 is 2.53 bits per heavy atom. The number of fused-ring (bicyclic) bond motifs is 1. The van der Waals surface area contributed by atoms with Crippen molar-refractivity contribution in [1.82, 2.24) is 19.4 Å². The fourth-order valence-corrected chi connectivity index (χ4v) is 4.54. The summed E-state index contributed by atoms with van der Waals surface area (Å²) in [6.45, 7) is 8.97. The number of piperazine rings is 1. The van der Waals surface area contributed by atoms with E-state index in [0.717, 1.165) is 44.3 Å². The molecule has 9 heteroatoms. The summed E-state index contributed by atoms with van der Waals surface area (Å²) in [6.07, 6.45) is 2.35. The van der Waals surface area contributed by atoms with Gasteiger partial charge in [-0.2, -0.15) is 4.98 Å². The quantitative estimate of drug-likeness (QED) is 0.651. The molecule has 0 aliphatic carbocycles. The maximum atomic E-state index is 12.9. The van der Waals surface area contributed by atoms with Gasteiger partial charge in [0.05, 0.1) is 0 Å². The molecule has 3 heterocycles. The number of nitrogens with zero attached hydrogens (tertiary/aromatic N) is 5. The molecule has 1 amide bonds. The average Bonchev–Trinajstić information content (AvgIpc) is 3.21. The summed E-state index contributed by atoms with van der Waals surface area (Å²) in [5.41, 5.74) is 2.14. The Kier molecular flexibility index (Phi) is 6.10. The van der Waals surface area contributed by atoms with Gasteiger partial charge in [0.2, 0.25) is 5.91 Å². The summed E-state index contributed by atoms with van der Waals surface area (Å²) >= 11 is 1.36. The number of rotatable bonds is 6. The van der Waals surface area contributed by atoms with Crippen molar-refractivity contribution < 1.29 is 4.79 Å². The lowest BCUT2D eigenvalue weighted by Crippen LogP contribution is -2.46. The van der Waals surface area contributed by atoms with Crippen molar-refractivity contribution in [3.05, 3.63) is 46.5 Å². The lowest BCUT2D eigenvalue weighted by atomic mass is 10.1. The Hall–Kier alpha value is -2.78. The second-order valence-corrected chi connectivity index (χ2v) is 8.32. The minimum absolute atomic E-state index is 0.0836. The zero-order chi connectivity index (χ0) is 21.1. The van der Waals surface area contributed by atoms with Crippen LogP contribution in [0.1, 0.15) is 19.4 Å². The van der Waals surface area contributed by atoms with E-state index in [2.05, 4.69) is 38.9 Å². The van der Waals surface area contributed by atoms with E-state index in [0.29, 0.717) is 16.0 Å². The van der Waals surface area contributed by atoms with Crippen LogP contribution in [0, 0.1) is 0 Å². The highest BCUT2D eigenvalue weighted by atomic mass is 32.1. The number of amides is 1. The molecule has 1 fully saturated rings. The molecule has 3 aromatic rings. The summed E-state index contributed by atoms with van der Waals surface area (Å²) < 4.78 is 1.83. The van der Waals surface area contributed by atoms with Gasteiger partial charge in [-0.3, -0.25) is 14.2 Å². The van der Waals surface area contributed by atoms with E-state index in [1.54, 1.807) is 0 Å². The van der Waals surface area contributed by atoms with Gasteiger partial charge in [-0.25, -0.2) is 4.98 Å². The maximum Gasteiger partial charge on any atom is 0.273 e. The predicted molar refractivity (Wildman–Crippen MR) is 120 cm³/mol. The number of aryl methyl sites for hydroxylation is 1. The van der Waals surface area contributed by atoms with Crippen molar-refractivity contribution in [3.63, 3.8) is 0 Å². The molecule has 0 saturated carbocycles. The molecule has 0 unspecified atom stereocenters. The fraction of sp³-hybridized carbons (Fsp3) is 0.429. The van der Waals surface area contributed by atoms with Gasteiger partial charge in [-0.15, -0.1) is 0 Å². The van der Waals surface area contributed by atoms with Crippen molar-refractivity contribution in [2.24, 2.45) is 0 Å². The third kappa shape index (κ3) is 4.36. The number of aromatic nitrogens is 3. The van der Waals surface area contributed by atoms with Crippen molar-refractivity contribution in [2.75, 3.05) is 42.9 Å². The van der Waals surface area contributed by atoms with Crippen molar-refractivity contribution in [3.8, 4) is 0 Å². The number of anilines is 2. The molecule has 30 heavy (non-hydrogen) atoms. The zero-order valence-electron chi connectivity index (χ0n) is 17.3. The topological polar surface area (TPSA) is 83.4 Å². The summed E-state index contributed by atoms with van der Waals surface area (Å²) in [4.78, 5) is 38.8. The van der Waals surface area contributed by atoms with Crippen molar-refractivity contribution >= 4 is 38.4 Å². The first kappa shape index (κ1) is 20.5. The van der Waals surface area contributed by atoms with Gasteiger partial charge >= 0.3 is 0 Å². The molecule has 0 radical (unpaired) electrons. The van der Waals surface area contributed by atoms with Crippen LogP contribution in [0.2, 0.25) is 0 Å². The second-order valence-electron chi connectivity index (χ2n) is 7.35. The van der Waals surface area contributed by atoms with Crippen LogP contribution in [0.3, 0.4) is 0 Å². The molecule has 1 aliphatic heterocycles. The van der Waals surface area contributed by atoms with Gasteiger partial charge in [-0.05, 0) is 30.7 Å². The van der Waals surface area contributed by atoms with E-state index in [4.69, 9.17) is 0 Å². The SMILES string of the molecule is CCc1ccc(NC(=O)Cn2cnc3nc(N4CCN(CC)CC4)sc3c2=O)cc1. The predicted octanol–water partition coefficient (Wildman–Crippen LogP) is 2.20. The standard InChI is InChI=1S/C21H26N6O2S/c1-3-15-5-7-16(8-6-15)23-17(28)13-27-14-22-19-18(20(27)29)30-21(24-19)26-11-9-25(4-2)10-12-26/h5-8,14H,3-4,9-13H2,1-2H3,(H,23,28). The third-order valence-corrected chi connectivity index (χ3v) is 6.52. The Labute approximate surface area is 179 Å². The normalized spacial score (nSPS) is 14.9. The maximum absolute atomic E-state index is 12.9. The van der Waals surface area contributed by atoms with Crippen LogP contribution >= 0.6 is 11.3 Å². The Morgan fingerprint density at radius 2 is 1.87 bits per heavy atom. The minimum atomic E-state index is -0.261. The van der Waals surface area contributed by atoms with Crippen molar-refractivity contribution in [2.45, 2.75) is 26.8 Å². The van der Waals surface area contributed by atoms with E-state index in [9.17, 15) is 9.59 Å². The smallest absolute Gasteiger partial charge is 0.273 e. The first-order valence-electron chi connectivity index (χ1n) is 10.3. The van der Waals surface area contributed by atoms with Crippen LogP contribution in [0.25, 0.3) is 10.3 Å². The first-order chi connectivity index (χ1) is 14.6. The number of benzene rings is 1. The number of carbonyl (C=O) groups is 1. The van der Waals surface area contributed by atoms with E-state index >= 15 is 0 Å². The fourth-order valence-electron chi connectivity index (χ4n) is 3.52. The average molecular weight is 427 g/mol. The molecule has 0 bridgehead atoms. The summed E-state index contributed by atoms with van der Waals surface area (Å²) in [6, 6.07) is 7.70. The third-order valence-electron chi connectivity index (χ3n) is 5.42. The van der Waals surface area contributed by atoms with Crippen molar-refractivity contribution in [1.29, 1.82) is 0 Å². The monoisotopic (exact) mass is 426 g/mol. The number of nitrogens with one attached hydrogen (secondary N) is 1. The lowest BCUT2D eigenvalue weighted by Gasteiger charge is -2.33. The first-order valence-corrected chi connectivity index (χ1v) is 11.1. The van der Waals surface area contributed by atoms with Gasteiger partial charge in [0.15, 0.2) is 10.8 Å². The molecule has 2 aromatic heterocycles. The molecule has 0 spiro atoms. The largest absolute Gasteiger partial charge is 0.345 e. The second kappa shape index (κ2) is 8.93. The summed E-state index contributed by atoms with van der Waals surface area (Å²) in [5, 5.41) is 3.65. The van der Waals surface area contributed by atoms with E-state index < -0.39 is 0 Å². The molecule has 0 atom stereocenters. The number of carbonyl (C=O) groups excluding carboxylic acids is 1. The number of hydrogen-bond acceptors (Lipinski definition) is 7. The van der Waals surface area contributed by atoms with Gasteiger partial charge < -0.3 is 15.1 Å². The number of likely N-dealkylation sites (N-methyl/N-ethyl adjacent to an activating group) is 1. The van der Waals surface area contributed by atoms with E-state index in [1.165, 1.54) is 27.8 Å². The molecular formula is C21H26N6O2S. The van der Waals surface area contributed by atoms with E-state index in [1.807, 2.05) is 24.3 Å². The summed E-state index contributed by atoms with van der Waals surface area (Å²) in [5.74, 6) is -0.261. The molecular weight excluding hydrogens is 400 g/mol. The molecule has 1 aromatic carbocycles. The Balaban J connectivity index is 1.47. The van der Waals surface area contributed by atoms with Gasteiger partial charge in [0.25, 0.3) is 5.56 Å². The highest BCUT2D eigenvalue weighted by Gasteiger charge is 2.20. The van der Waals surface area contributed by atoms with Crippen LogP contribution < -0.4 is 15.8 Å². The molecule has 4 rings (SSSR count). The molecule has 1 N–H and O–H groups in total. The van der Waals surface area contributed by atoms with Gasteiger partial charge in [0.1, 0.15) is 17.6 Å². The summed E-state index contributed by atoms with van der Waals surface area (Å²) in [7, 11) is 0. The Morgan fingerprint density at radius 1 is 1.13 bits per heavy atom. The van der Waals surface area contributed by atoms with Crippen LogP contribution in [0.4, 0.5) is 10.8 Å². The molecule has 1 aliphatic rings. The highest BCUT2D eigenvalue weighted by Crippen LogP contribution is 2.26. The lowest BCUT2D eigenvalue weighted by molar-refractivity contribution is -0.116. The van der Waals surface area contributed by atoms with Gasteiger partial charge in [-0.1, -0.05) is 37.3 Å².